The molecule has 3 aliphatic heterocycles. The summed E-state index contributed by atoms with van der Waals surface area (Å²) < 4.78 is 32.0. The molecule has 5 rings (SSSR count). The number of carbonyl (C=O) groups is 1. The van der Waals surface area contributed by atoms with E-state index in [0.717, 1.165) is 92.8 Å². The average molecular weight is 526 g/mol. The molecule has 3 atom stereocenters. The normalized spacial score (nSPS) is 22.2. The number of rotatable bonds is 11. The maximum atomic E-state index is 14.3. The number of Topliss-reactive ketones (excluding diaryl/α,β-unsaturated/α-hetero) is 1. The SMILES string of the molecule is COc1cc(CCCCO[C@@H]2CCN([C@H](C(C)=O)c3cc(F)ccc3[C@@H]3CCCO3)C2)nc2c1CCCN2. The van der Waals surface area contributed by atoms with E-state index in [0.29, 0.717) is 19.8 Å². The van der Waals surface area contributed by atoms with Gasteiger partial charge >= 0.3 is 0 Å². The molecule has 2 saturated heterocycles. The number of aryl methyl sites for hydroxylation is 1. The lowest BCUT2D eigenvalue weighted by atomic mass is 9.92. The highest BCUT2D eigenvalue weighted by atomic mass is 19.1. The maximum Gasteiger partial charge on any atom is 0.151 e. The van der Waals surface area contributed by atoms with E-state index >= 15 is 0 Å². The zero-order valence-corrected chi connectivity index (χ0v) is 22.6. The number of carbonyl (C=O) groups excluding carboxylic acids is 1. The van der Waals surface area contributed by atoms with Crippen LogP contribution in [0.1, 0.15) is 80.0 Å². The number of fused-ring (bicyclic) bond motifs is 1. The first-order valence-corrected chi connectivity index (χ1v) is 14.1. The molecule has 0 aliphatic carbocycles. The summed E-state index contributed by atoms with van der Waals surface area (Å²) >= 11 is 0. The van der Waals surface area contributed by atoms with E-state index in [1.807, 2.05) is 0 Å². The summed E-state index contributed by atoms with van der Waals surface area (Å²) in [6.45, 7) is 5.35. The van der Waals surface area contributed by atoms with Gasteiger partial charge in [-0.05, 0) is 81.5 Å². The van der Waals surface area contributed by atoms with Gasteiger partial charge in [0.2, 0.25) is 0 Å². The van der Waals surface area contributed by atoms with E-state index in [4.69, 9.17) is 19.2 Å². The molecule has 0 spiro atoms. The van der Waals surface area contributed by atoms with Gasteiger partial charge in [0.25, 0.3) is 0 Å². The molecule has 0 amide bonds. The molecule has 0 saturated carbocycles. The highest BCUT2D eigenvalue weighted by Gasteiger charge is 2.35. The van der Waals surface area contributed by atoms with E-state index in [1.165, 1.54) is 17.7 Å². The standard InChI is InChI=1S/C30H40FN3O4/c1-20(35)29(26-17-21(31)10-11-24(26)27-9-6-16-38-27)34-14-12-23(19-34)37-15-4-3-7-22-18-28(36-2)25-8-5-13-32-30(25)33-22/h10-11,17-18,23,27,29H,3-9,12-16,19H2,1-2H3,(H,32,33)/t23-,27+,29-/m1/s1. The molecule has 0 bridgehead atoms. The number of benzene rings is 1. The van der Waals surface area contributed by atoms with Crippen LogP contribution < -0.4 is 10.1 Å². The van der Waals surface area contributed by atoms with Crippen LogP contribution in [-0.4, -0.2) is 61.7 Å². The maximum absolute atomic E-state index is 14.3. The van der Waals surface area contributed by atoms with Crippen LogP contribution in [0.4, 0.5) is 10.2 Å². The fraction of sp³-hybridized carbons (Fsp3) is 0.600. The topological polar surface area (TPSA) is 72.9 Å². The summed E-state index contributed by atoms with van der Waals surface area (Å²) in [5.41, 5.74) is 3.91. The third-order valence-electron chi connectivity index (χ3n) is 7.98. The van der Waals surface area contributed by atoms with E-state index in [2.05, 4.69) is 16.3 Å². The van der Waals surface area contributed by atoms with Crippen LogP contribution in [-0.2, 0) is 27.1 Å². The predicted octanol–water partition coefficient (Wildman–Crippen LogP) is 5.18. The molecule has 38 heavy (non-hydrogen) atoms. The molecule has 3 aliphatic rings. The zero-order chi connectivity index (χ0) is 26.5. The summed E-state index contributed by atoms with van der Waals surface area (Å²) in [6, 6.07) is 6.39. The third kappa shape index (κ3) is 6.19. The molecule has 1 aromatic carbocycles. The Balaban J connectivity index is 1.13. The van der Waals surface area contributed by atoms with Gasteiger partial charge in [0, 0.05) is 50.2 Å². The van der Waals surface area contributed by atoms with Gasteiger partial charge in [-0.3, -0.25) is 9.69 Å². The van der Waals surface area contributed by atoms with Gasteiger partial charge in [-0.2, -0.15) is 0 Å². The van der Waals surface area contributed by atoms with Crippen molar-refractivity contribution in [2.24, 2.45) is 0 Å². The number of nitrogens with one attached hydrogen (secondary N) is 1. The van der Waals surface area contributed by atoms with Gasteiger partial charge in [0.15, 0.2) is 5.78 Å². The first-order valence-electron chi connectivity index (χ1n) is 14.1. The number of methoxy groups -OCH3 is 1. The van der Waals surface area contributed by atoms with Crippen molar-refractivity contribution in [3.8, 4) is 5.75 Å². The summed E-state index contributed by atoms with van der Waals surface area (Å²) in [5, 5.41) is 3.40. The van der Waals surface area contributed by atoms with Crippen molar-refractivity contribution in [1.82, 2.24) is 9.88 Å². The van der Waals surface area contributed by atoms with Crippen LogP contribution >= 0.6 is 0 Å². The van der Waals surface area contributed by atoms with Gasteiger partial charge in [-0.1, -0.05) is 6.07 Å². The molecule has 2 aromatic rings. The minimum absolute atomic E-state index is 0.0259. The molecule has 7 nitrogen and oxygen atoms in total. The van der Waals surface area contributed by atoms with E-state index in [-0.39, 0.29) is 23.8 Å². The van der Waals surface area contributed by atoms with Crippen LogP contribution in [0.25, 0.3) is 0 Å². The van der Waals surface area contributed by atoms with Crippen molar-refractivity contribution in [1.29, 1.82) is 0 Å². The molecular weight excluding hydrogens is 485 g/mol. The number of nitrogens with zero attached hydrogens (tertiary/aromatic N) is 2. The second-order valence-electron chi connectivity index (χ2n) is 10.7. The first kappa shape index (κ1) is 27.0. The van der Waals surface area contributed by atoms with E-state index in [1.54, 1.807) is 20.1 Å². The minimum atomic E-state index is -0.475. The van der Waals surface area contributed by atoms with Gasteiger partial charge in [0.1, 0.15) is 17.4 Å². The Morgan fingerprint density at radius 3 is 2.95 bits per heavy atom. The van der Waals surface area contributed by atoms with Crippen LogP contribution in [0.15, 0.2) is 24.3 Å². The smallest absolute Gasteiger partial charge is 0.151 e. The number of unbranched alkanes of at least 4 members (excludes halogenated alkanes) is 1. The second kappa shape index (κ2) is 12.5. The van der Waals surface area contributed by atoms with Crippen molar-refractivity contribution in [2.75, 3.05) is 45.3 Å². The second-order valence-corrected chi connectivity index (χ2v) is 10.7. The molecule has 206 valence electrons. The molecule has 8 heteroatoms. The monoisotopic (exact) mass is 525 g/mol. The molecule has 0 unspecified atom stereocenters. The summed E-state index contributed by atoms with van der Waals surface area (Å²) in [7, 11) is 1.72. The number of ketones is 1. The summed E-state index contributed by atoms with van der Waals surface area (Å²) in [6.07, 6.45) is 7.66. The molecule has 0 radical (unpaired) electrons. The molecule has 1 aromatic heterocycles. The fourth-order valence-corrected chi connectivity index (χ4v) is 6.12. The molecule has 4 heterocycles. The Hall–Kier alpha value is -2.55. The predicted molar refractivity (Wildman–Crippen MR) is 144 cm³/mol. The van der Waals surface area contributed by atoms with Crippen molar-refractivity contribution in [3.05, 3.63) is 52.5 Å². The van der Waals surface area contributed by atoms with Crippen molar-refractivity contribution in [3.63, 3.8) is 0 Å². The Kier molecular flexibility index (Phi) is 8.92. The summed E-state index contributed by atoms with van der Waals surface area (Å²) in [5.74, 6) is 1.61. The highest BCUT2D eigenvalue weighted by molar-refractivity contribution is 5.83. The Morgan fingerprint density at radius 1 is 1.26 bits per heavy atom. The number of hydrogen-bond donors (Lipinski definition) is 1. The van der Waals surface area contributed by atoms with Gasteiger partial charge in [0.05, 0.1) is 25.4 Å². The van der Waals surface area contributed by atoms with Crippen molar-refractivity contribution >= 4 is 11.6 Å². The van der Waals surface area contributed by atoms with Crippen LogP contribution in [0.3, 0.4) is 0 Å². The quantitative estimate of drug-likeness (QED) is 0.405. The molecule has 2 fully saturated rings. The lowest BCUT2D eigenvalue weighted by molar-refractivity contribution is -0.122. The Bertz CT molecular complexity index is 1100. The first-order chi connectivity index (χ1) is 18.5. The van der Waals surface area contributed by atoms with Gasteiger partial charge in [-0.25, -0.2) is 9.37 Å². The average Bonchev–Trinajstić information content (AvgIpc) is 3.61. The van der Waals surface area contributed by atoms with Crippen molar-refractivity contribution < 1.29 is 23.4 Å². The molecular formula is C30H40FN3O4. The van der Waals surface area contributed by atoms with Crippen LogP contribution in [0, 0.1) is 5.82 Å². The van der Waals surface area contributed by atoms with Gasteiger partial charge < -0.3 is 19.5 Å². The number of likely N-dealkylation sites (tertiary alicyclic amines) is 1. The fourth-order valence-electron chi connectivity index (χ4n) is 6.12. The lowest BCUT2D eigenvalue weighted by Gasteiger charge is -2.29. The number of pyridine rings is 1. The van der Waals surface area contributed by atoms with E-state index in [9.17, 15) is 9.18 Å². The summed E-state index contributed by atoms with van der Waals surface area (Å²) in [4.78, 5) is 19.8. The Labute approximate surface area is 225 Å². The number of hydrogen-bond acceptors (Lipinski definition) is 7. The molecule has 1 N–H and O–H groups in total. The number of ether oxygens (including phenoxy) is 3. The van der Waals surface area contributed by atoms with Gasteiger partial charge in [-0.15, -0.1) is 0 Å². The van der Waals surface area contributed by atoms with Crippen LogP contribution in [0.5, 0.6) is 5.75 Å². The zero-order valence-electron chi connectivity index (χ0n) is 22.6. The number of aromatic nitrogens is 1. The minimum Gasteiger partial charge on any atom is -0.496 e. The number of halogens is 1. The van der Waals surface area contributed by atoms with Crippen LogP contribution in [0.2, 0.25) is 0 Å². The lowest BCUT2D eigenvalue weighted by Crippen LogP contribution is -2.33. The van der Waals surface area contributed by atoms with E-state index < -0.39 is 6.04 Å². The largest absolute Gasteiger partial charge is 0.496 e. The number of anilines is 1. The highest BCUT2D eigenvalue weighted by Crippen LogP contribution is 2.37. The van der Waals surface area contributed by atoms with Crippen molar-refractivity contribution in [2.45, 2.75) is 76.5 Å². The third-order valence-corrected chi connectivity index (χ3v) is 7.98. The Morgan fingerprint density at radius 2 is 2.16 bits per heavy atom.